The van der Waals surface area contributed by atoms with E-state index in [0.717, 1.165) is 26.1 Å². The summed E-state index contributed by atoms with van der Waals surface area (Å²) in [4.78, 5) is 13.7. The molecule has 0 spiro atoms. The van der Waals surface area contributed by atoms with E-state index in [1.165, 1.54) is 5.56 Å². The third-order valence-electron chi connectivity index (χ3n) is 3.60. The van der Waals surface area contributed by atoms with Crippen LogP contribution in [0.4, 0.5) is 0 Å². The molecule has 1 aliphatic rings. The number of benzene rings is 1. The minimum Gasteiger partial charge on any atom is -0.359 e. The van der Waals surface area contributed by atoms with E-state index in [1.54, 1.807) is 7.05 Å². The quantitative estimate of drug-likeness (QED) is 0.877. The zero-order valence-corrected chi connectivity index (χ0v) is 11.5. The molecule has 0 radical (unpaired) electrons. The summed E-state index contributed by atoms with van der Waals surface area (Å²) >= 11 is 0. The molecule has 0 saturated carbocycles. The lowest BCUT2D eigenvalue weighted by molar-refractivity contribution is -0.121. The normalized spacial score (nSPS) is 19.9. The molecule has 1 fully saturated rings. The van der Waals surface area contributed by atoms with Gasteiger partial charge in [0, 0.05) is 26.6 Å². The molecule has 102 valence electrons. The van der Waals surface area contributed by atoms with Crippen molar-refractivity contribution in [1.82, 2.24) is 10.2 Å². The van der Waals surface area contributed by atoms with Gasteiger partial charge in [0.2, 0.25) is 5.91 Å². The highest BCUT2D eigenvalue weighted by Crippen LogP contribution is 2.19. The SMILES string of the molecule is CNC(=O)C[C@@H]1CCN(C/C=C/c2ccccc2)C1. The van der Waals surface area contributed by atoms with Crippen LogP contribution in [0.5, 0.6) is 0 Å². The van der Waals surface area contributed by atoms with Gasteiger partial charge in [-0.15, -0.1) is 0 Å². The zero-order chi connectivity index (χ0) is 13.5. The van der Waals surface area contributed by atoms with Gasteiger partial charge in [0.25, 0.3) is 0 Å². The first-order valence-electron chi connectivity index (χ1n) is 6.92. The molecule has 1 aromatic carbocycles. The van der Waals surface area contributed by atoms with Crippen LogP contribution < -0.4 is 5.32 Å². The van der Waals surface area contributed by atoms with Crippen LogP contribution in [0.2, 0.25) is 0 Å². The van der Waals surface area contributed by atoms with Crippen molar-refractivity contribution in [1.29, 1.82) is 0 Å². The fraction of sp³-hybridized carbons (Fsp3) is 0.438. The van der Waals surface area contributed by atoms with Crippen LogP contribution in [0.15, 0.2) is 36.4 Å². The summed E-state index contributed by atoms with van der Waals surface area (Å²) in [6.45, 7) is 3.10. The van der Waals surface area contributed by atoms with Crippen molar-refractivity contribution in [3.63, 3.8) is 0 Å². The van der Waals surface area contributed by atoms with E-state index in [1.807, 2.05) is 6.07 Å². The first-order chi connectivity index (χ1) is 9.28. The monoisotopic (exact) mass is 258 g/mol. The Morgan fingerprint density at radius 1 is 1.42 bits per heavy atom. The number of hydrogen-bond donors (Lipinski definition) is 1. The fourth-order valence-electron chi connectivity index (χ4n) is 2.51. The summed E-state index contributed by atoms with van der Waals surface area (Å²) < 4.78 is 0. The molecule has 1 amide bonds. The molecule has 3 heteroatoms. The molecule has 1 aliphatic heterocycles. The molecule has 2 rings (SSSR count). The standard InChI is InChI=1S/C16H22N2O/c1-17-16(19)12-15-9-11-18(13-15)10-5-8-14-6-3-2-4-7-14/h2-8,15H,9-13H2,1H3,(H,17,19)/b8-5+/t15-/m0/s1. The summed E-state index contributed by atoms with van der Waals surface area (Å²) in [5, 5.41) is 2.70. The predicted molar refractivity (Wildman–Crippen MR) is 78.7 cm³/mol. The first kappa shape index (κ1) is 13.8. The third kappa shape index (κ3) is 4.52. The highest BCUT2D eigenvalue weighted by Gasteiger charge is 2.23. The summed E-state index contributed by atoms with van der Waals surface area (Å²) in [6, 6.07) is 10.3. The average molecular weight is 258 g/mol. The van der Waals surface area contributed by atoms with Crippen LogP contribution in [0.3, 0.4) is 0 Å². The Kier molecular flexibility index (Phi) is 5.16. The maximum Gasteiger partial charge on any atom is 0.220 e. The Morgan fingerprint density at radius 2 is 2.21 bits per heavy atom. The highest BCUT2D eigenvalue weighted by molar-refractivity contribution is 5.75. The van der Waals surface area contributed by atoms with E-state index in [9.17, 15) is 4.79 Å². The van der Waals surface area contributed by atoms with Crippen molar-refractivity contribution >= 4 is 12.0 Å². The van der Waals surface area contributed by atoms with Crippen LogP contribution in [-0.4, -0.2) is 37.5 Å². The van der Waals surface area contributed by atoms with E-state index in [-0.39, 0.29) is 5.91 Å². The second kappa shape index (κ2) is 7.10. The lowest BCUT2D eigenvalue weighted by Gasteiger charge is -2.13. The van der Waals surface area contributed by atoms with Gasteiger partial charge in [-0.1, -0.05) is 42.5 Å². The minimum absolute atomic E-state index is 0.159. The van der Waals surface area contributed by atoms with Crippen molar-refractivity contribution in [3.8, 4) is 0 Å². The fourth-order valence-corrected chi connectivity index (χ4v) is 2.51. The highest BCUT2D eigenvalue weighted by atomic mass is 16.1. The maximum absolute atomic E-state index is 11.3. The Bertz CT molecular complexity index is 428. The molecule has 1 aromatic rings. The van der Waals surface area contributed by atoms with E-state index in [0.29, 0.717) is 12.3 Å². The summed E-state index contributed by atoms with van der Waals surface area (Å²) in [7, 11) is 1.71. The van der Waals surface area contributed by atoms with Gasteiger partial charge in [-0.25, -0.2) is 0 Å². The van der Waals surface area contributed by atoms with Crippen LogP contribution in [0.25, 0.3) is 6.08 Å². The summed E-state index contributed by atoms with van der Waals surface area (Å²) in [5.41, 5.74) is 1.24. The Morgan fingerprint density at radius 3 is 2.95 bits per heavy atom. The van der Waals surface area contributed by atoms with Gasteiger partial charge >= 0.3 is 0 Å². The zero-order valence-electron chi connectivity index (χ0n) is 11.5. The summed E-state index contributed by atoms with van der Waals surface area (Å²) in [5.74, 6) is 0.678. The lowest BCUT2D eigenvalue weighted by atomic mass is 10.1. The molecule has 1 N–H and O–H groups in total. The van der Waals surface area contributed by atoms with Crippen LogP contribution in [-0.2, 0) is 4.79 Å². The van der Waals surface area contributed by atoms with Gasteiger partial charge in [-0.3, -0.25) is 9.69 Å². The van der Waals surface area contributed by atoms with Crippen LogP contribution in [0.1, 0.15) is 18.4 Å². The molecule has 19 heavy (non-hydrogen) atoms. The van der Waals surface area contributed by atoms with E-state index in [4.69, 9.17) is 0 Å². The third-order valence-corrected chi connectivity index (χ3v) is 3.60. The van der Waals surface area contributed by atoms with Crippen molar-refractivity contribution in [2.45, 2.75) is 12.8 Å². The van der Waals surface area contributed by atoms with Crippen molar-refractivity contribution in [2.24, 2.45) is 5.92 Å². The van der Waals surface area contributed by atoms with E-state index >= 15 is 0 Å². The molecule has 0 aliphatic carbocycles. The van der Waals surface area contributed by atoms with Crippen LogP contribution in [0, 0.1) is 5.92 Å². The second-order valence-corrected chi connectivity index (χ2v) is 5.10. The number of rotatable bonds is 5. The van der Waals surface area contributed by atoms with Gasteiger partial charge in [0.1, 0.15) is 0 Å². The van der Waals surface area contributed by atoms with Gasteiger partial charge in [0.15, 0.2) is 0 Å². The number of amides is 1. The molecule has 0 aromatic heterocycles. The number of carbonyl (C=O) groups is 1. The molecule has 1 atom stereocenters. The lowest BCUT2D eigenvalue weighted by Crippen LogP contribution is -2.24. The first-order valence-corrected chi connectivity index (χ1v) is 6.92. The van der Waals surface area contributed by atoms with Gasteiger partial charge in [0.05, 0.1) is 0 Å². The maximum atomic E-state index is 11.3. The largest absolute Gasteiger partial charge is 0.359 e. The average Bonchev–Trinajstić information content (AvgIpc) is 2.87. The predicted octanol–water partition coefficient (Wildman–Crippen LogP) is 2.16. The van der Waals surface area contributed by atoms with Gasteiger partial charge in [-0.2, -0.15) is 0 Å². The molecule has 3 nitrogen and oxygen atoms in total. The Balaban J connectivity index is 1.73. The molecule has 1 heterocycles. The van der Waals surface area contributed by atoms with Crippen molar-refractivity contribution < 1.29 is 4.79 Å². The van der Waals surface area contributed by atoms with Gasteiger partial charge in [-0.05, 0) is 24.4 Å². The van der Waals surface area contributed by atoms with Crippen LogP contribution >= 0.6 is 0 Å². The number of likely N-dealkylation sites (tertiary alicyclic amines) is 1. The number of hydrogen-bond acceptors (Lipinski definition) is 2. The Labute approximate surface area is 115 Å². The second-order valence-electron chi connectivity index (χ2n) is 5.10. The smallest absolute Gasteiger partial charge is 0.220 e. The molecule has 0 bridgehead atoms. The number of nitrogens with one attached hydrogen (secondary N) is 1. The molecular formula is C16H22N2O. The van der Waals surface area contributed by atoms with E-state index in [2.05, 4.69) is 46.6 Å². The minimum atomic E-state index is 0.159. The molecular weight excluding hydrogens is 236 g/mol. The topological polar surface area (TPSA) is 32.3 Å². The molecule has 1 saturated heterocycles. The molecule has 0 unspecified atom stereocenters. The van der Waals surface area contributed by atoms with Gasteiger partial charge < -0.3 is 5.32 Å². The van der Waals surface area contributed by atoms with E-state index < -0.39 is 0 Å². The van der Waals surface area contributed by atoms with Crippen molar-refractivity contribution in [2.75, 3.05) is 26.7 Å². The number of carbonyl (C=O) groups excluding carboxylic acids is 1. The summed E-state index contributed by atoms with van der Waals surface area (Å²) in [6.07, 6.45) is 6.16. The Hall–Kier alpha value is -1.61. The number of nitrogens with zero attached hydrogens (tertiary/aromatic N) is 1. The van der Waals surface area contributed by atoms with Crippen molar-refractivity contribution in [3.05, 3.63) is 42.0 Å².